The molecule has 0 aliphatic rings. The highest BCUT2D eigenvalue weighted by Gasteiger charge is 2.25. The quantitative estimate of drug-likeness (QED) is 0.866. The molecule has 0 bridgehead atoms. The molecule has 0 radical (unpaired) electrons. The molecule has 1 aromatic rings. The van der Waals surface area contributed by atoms with E-state index >= 15 is 0 Å². The highest BCUT2D eigenvalue weighted by atomic mass is 16.4. The molecule has 96 valence electrons. The second-order valence-electron chi connectivity index (χ2n) is 4.34. The van der Waals surface area contributed by atoms with Gasteiger partial charge in [-0.15, -0.1) is 0 Å². The van der Waals surface area contributed by atoms with Crippen LogP contribution in [0.4, 0.5) is 0 Å². The number of hydrogen-bond donors (Lipinski definition) is 1. The fourth-order valence-electron chi connectivity index (χ4n) is 1.98. The van der Waals surface area contributed by atoms with Gasteiger partial charge in [-0.3, -0.25) is 9.69 Å². The zero-order valence-corrected chi connectivity index (χ0v) is 10.9. The van der Waals surface area contributed by atoms with Crippen molar-refractivity contribution in [2.24, 2.45) is 0 Å². The van der Waals surface area contributed by atoms with Gasteiger partial charge < -0.3 is 5.11 Å². The Labute approximate surface area is 107 Å². The summed E-state index contributed by atoms with van der Waals surface area (Å²) in [6.45, 7) is 3.83. The monoisotopic (exact) mass is 246 g/mol. The van der Waals surface area contributed by atoms with E-state index in [2.05, 4.69) is 6.07 Å². The lowest BCUT2D eigenvalue weighted by Crippen LogP contribution is -2.39. The molecule has 0 aliphatic heterocycles. The van der Waals surface area contributed by atoms with Crippen molar-refractivity contribution in [1.82, 2.24) is 4.90 Å². The van der Waals surface area contributed by atoms with E-state index < -0.39 is 12.0 Å². The van der Waals surface area contributed by atoms with Crippen molar-refractivity contribution in [3.05, 3.63) is 35.4 Å². The van der Waals surface area contributed by atoms with Gasteiger partial charge in [0.05, 0.1) is 11.6 Å². The van der Waals surface area contributed by atoms with Crippen LogP contribution < -0.4 is 0 Å². The molecule has 4 nitrogen and oxygen atoms in total. The van der Waals surface area contributed by atoms with Gasteiger partial charge in [-0.05, 0) is 38.1 Å². The van der Waals surface area contributed by atoms with Crippen LogP contribution >= 0.6 is 0 Å². The largest absolute Gasteiger partial charge is 0.480 e. The SMILES string of the molecule is CCC(C(=O)O)N(C)C(C)c1ccc(C#N)cc1. The molecule has 18 heavy (non-hydrogen) atoms. The number of carboxylic acid groups (broad SMARTS) is 1. The second-order valence-corrected chi connectivity index (χ2v) is 4.34. The van der Waals surface area contributed by atoms with Gasteiger partial charge in [-0.2, -0.15) is 5.26 Å². The molecule has 0 fully saturated rings. The summed E-state index contributed by atoms with van der Waals surface area (Å²) in [5, 5.41) is 17.9. The summed E-state index contributed by atoms with van der Waals surface area (Å²) in [5.41, 5.74) is 1.62. The molecular weight excluding hydrogens is 228 g/mol. The van der Waals surface area contributed by atoms with E-state index in [0.717, 1.165) is 5.56 Å². The van der Waals surface area contributed by atoms with Crippen molar-refractivity contribution in [2.45, 2.75) is 32.4 Å². The van der Waals surface area contributed by atoms with Crippen molar-refractivity contribution in [2.75, 3.05) is 7.05 Å². The van der Waals surface area contributed by atoms with E-state index in [4.69, 9.17) is 10.4 Å². The van der Waals surface area contributed by atoms with Crippen LogP contribution in [0.5, 0.6) is 0 Å². The summed E-state index contributed by atoms with van der Waals surface area (Å²) in [6, 6.07) is 8.82. The predicted molar refractivity (Wildman–Crippen MR) is 69.0 cm³/mol. The van der Waals surface area contributed by atoms with Gasteiger partial charge in [0, 0.05) is 6.04 Å². The van der Waals surface area contributed by atoms with Gasteiger partial charge >= 0.3 is 5.97 Å². The number of aliphatic carboxylic acids is 1. The van der Waals surface area contributed by atoms with E-state index in [0.29, 0.717) is 12.0 Å². The zero-order chi connectivity index (χ0) is 13.7. The lowest BCUT2D eigenvalue weighted by atomic mass is 10.0. The Morgan fingerprint density at radius 1 is 1.44 bits per heavy atom. The first-order valence-electron chi connectivity index (χ1n) is 5.96. The molecule has 0 amide bonds. The third-order valence-electron chi connectivity index (χ3n) is 3.30. The maximum absolute atomic E-state index is 11.1. The lowest BCUT2D eigenvalue weighted by molar-refractivity contribution is -0.143. The Morgan fingerprint density at radius 3 is 2.39 bits per heavy atom. The van der Waals surface area contributed by atoms with Gasteiger partial charge in [0.25, 0.3) is 0 Å². The third-order valence-corrected chi connectivity index (χ3v) is 3.30. The summed E-state index contributed by atoms with van der Waals surface area (Å²) in [4.78, 5) is 13.0. The summed E-state index contributed by atoms with van der Waals surface area (Å²) in [7, 11) is 1.81. The Hall–Kier alpha value is -1.86. The molecule has 1 rings (SSSR count). The van der Waals surface area contributed by atoms with Gasteiger partial charge in [-0.1, -0.05) is 19.1 Å². The Bertz CT molecular complexity index is 448. The van der Waals surface area contributed by atoms with Crippen LogP contribution in [0.2, 0.25) is 0 Å². The molecule has 4 heteroatoms. The van der Waals surface area contributed by atoms with Crippen LogP contribution in [0.3, 0.4) is 0 Å². The van der Waals surface area contributed by atoms with E-state index in [9.17, 15) is 4.79 Å². The van der Waals surface area contributed by atoms with Crippen molar-refractivity contribution in [1.29, 1.82) is 5.26 Å². The van der Waals surface area contributed by atoms with Gasteiger partial charge in [0.2, 0.25) is 0 Å². The summed E-state index contributed by atoms with van der Waals surface area (Å²) < 4.78 is 0. The van der Waals surface area contributed by atoms with Crippen LogP contribution in [-0.2, 0) is 4.79 Å². The fourth-order valence-corrected chi connectivity index (χ4v) is 1.98. The minimum absolute atomic E-state index is 0.00112. The Morgan fingerprint density at radius 2 is 2.00 bits per heavy atom. The van der Waals surface area contributed by atoms with Crippen LogP contribution in [0, 0.1) is 11.3 Å². The smallest absolute Gasteiger partial charge is 0.320 e. The third kappa shape index (κ3) is 3.08. The van der Waals surface area contributed by atoms with E-state index in [-0.39, 0.29) is 6.04 Å². The first-order valence-corrected chi connectivity index (χ1v) is 5.96. The normalized spacial score (nSPS) is 13.9. The molecule has 0 aromatic heterocycles. The topological polar surface area (TPSA) is 64.3 Å². The zero-order valence-electron chi connectivity index (χ0n) is 10.9. The van der Waals surface area contributed by atoms with Crippen LogP contribution in [0.25, 0.3) is 0 Å². The van der Waals surface area contributed by atoms with Gasteiger partial charge in [0.15, 0.2) is 0 Å². The molecule has 0 saturated heterocycles. The number of carboxylic acids is 1. The van der Waals surface area contributed by atoms with E-state index in [1.54, 1.807) is 12.1 Å². The fraction of sp³-hybridized carbons (Fsp3) is 0.429. The van der Waals surface area contributed by atoms with Crippen molar-refractivity contribution >= 4 is 5.97 Å². The highest BCUT2D eigenvalue weighted by molar-refractivity contribution is 5.73. The predicted octanol–water partition coefficient (Wildman–Crippen LogP) is 2.41. The molecule has 0 heterocycles. The molecule has 0 aliphatic carbocycles. The average molecular weight is 246 g/mol. The molecule has 0 saturated carbocycles. The van der Waals surface area contributed by atoms with Crippen LogP contribution in [0.1, 0.15) is 37.4 Å². The number of benzene rings is 1. The van der Waals surface area contributed by atoms with E-state index in [1.807, 2.05) is 37.9 Å². The molecule has 2 unspecified atom stereocenters. The maximum atomic E-state index is 11.1. The standard InChI is InChI=1S/C14H18N2O2/c1-4-13(14(17)18)16(3)10(2)12-7-5-11(9-15)6-8-12/h5-8,10,13H,4H2,1-3H3,(H,17,18). The summed E-state index contributed by atoms with van der Waals surface area (Å²) in [5.74, 6) is -0.805. The number of likely N-dealkylation sites (N-methyl/N-ethyl adjacent to an activating group) is 1. The molecular formula is C14H18N2O2. The molecule has 0 spiro atoms. The van der Waals surface area contributed by atoms with Crippen molar-refractivity contribution < 1.29 is 9.90 Å². The van der Waals surface area contributed by atoms with Gasteiger partial charge in [-0.25, -0.2) is 0 Å². The van der Waals surface area contributed by atoms with Gasteiger partial charge in [0.1, 0.15) is 6.04 Å². The number of nitriles is 1. The number of nitrogens with zero attached hydrogens (tertiary/aromatic N) is 2. The molecule has 1 N–H and O–H groups in total. The summed E-state index contributed by atoms with van der Waals surface area (Å²) in [6.07, 6.45) is 0.562. The number of rotatable bonds is 5. The number of carbonyl (C=O) groups is 1. The maximum Gasteiger partial charge on any atom is 0.320 e. The molecule has 2 atom stereocenters. The van der Waals surface area contributed by atoms with E-state index in [1.165, 1.54) is 0 Å². The Kier molecular flexibility index (Phi) is 4.87. The van der Waals surface area contributed by atoms with Crippen LogP contribution in [-0.4, -0.2) is 29.1 Å². The van der Waals surface area contributed by atoms with Crippen LogP contribution in [0.15, 0.2) is 24.3 Å². The van der Waals surface area contributed by atoms with Crippen molar-refractivity contribution in [3.8, 4) is 6.07 Å². The highest BCUT2D eigenvalue weighted by Crippen LogP contribution is 2.22. The first kappa shape index (κ1) is 14.2. The minimum atomic E-state index is -0.805. The lowest BCUT2D eigenvalue weighted by Gasteiger charge is -2.30. The average Bonchev–Trinajstić information content (AvgIpc) is 2.38. The Balaban J connectivity index is 2.88. The summed E-state index contributed by atoms with van der Waals surface area (Å²) >= 11 is 0. The minimum Gasteiger partial charge on any atom is -0.480 e. The second kappa shape index (κ2) is 6.18. The molecule has 1 aromatic carbocycles. The van der Waals surface area contributed by atoms with Crippen molar-refractivity contribution in [3.63, 3.8) is 0 Å². The first-order chi connectivity index (χ1) is 8.51. The number of hydrogen-bond acceptors (Lipinski definition) is 3.